The number of aryl methyl sites for hydroxylation is 1. The number of anilines is 2. The van der Waals surface area contributed by atoms with Crippen molar-refractivity contribution in [1.29, 1.82) is 0 Å². The first kappa shape index (κ1) is 8.19. The van der Waals surface area contributed by atoms with Gasteiger partial charge in [0.05, 0.1) is 16.0 Å². The molecule has 0 saturated carbocycles. The number of hydrogen-bond donors (Lipinski definition) is 1. The molecule has 0 atom stereocenters. The summed E-state index contributed by atoms with van der Waals surface area (Å²) in [5.41, 5.74) is 1.09. The van der Waals surface area contributed by atoms with Gasteiger partial charge in [-0.25, -0.2) is 0 Å². The number of benzene rings is 1. The lowest BCUT2D eigenvalue weighted by Crippen LogP contribution is -2.27. The van der Waals surface area contributed by atoms with Crippen molar-refractivity contribution in [1.82, 2.24) is 4.49 Å². The van der Waals surface area contributed by atoms with Gasteiger partial charge < -0.3 is 5.32 Å². The summed E-state index contributed by atoms with van der Waals surface area (Å²) >= 11 is 1.45. The molecule has 0 radical (unpaired) electrons. The quantitative estimate of drug-likeness (QED) is 0.734. The van der Waals surface area contributed by atoms with E-state index < -0.39 is 0 Å². The maximum Gasteiger partial charge on any atom is 0.232 e. The predicted octanol–water partition coefficient (Wildman–Crippen LogP) is 1.71. The fourth-order valence-corrected chi connectivity index (χ4v) is 1.67. The zero-order chi connectivity index (χ0) is 9.10. The van der Waals surface area contributed by atoms with Crippen LogP contribution in [0.5, 0.6) is 0 Å². The third-order valence-electron chi connectivity index (χ3n) is 1.61. The van der Waals surface area contributed by atoms with E-state index in [2.05, 4.69) is 9.81 Å². The van der Waals surface area contributed by atoms with Crippen molar-refractivity contribution in [2.24, 2.45) is 7.05 Å². The molecule has 1 aromatic carbocycles. The number of rotatable bonds is 2. The van der Waals surface area contributed by atoms with Crippen molar-refractivity contribution < 1.29 is 4.68 Å². The fourth-order valence-electron chi connectivity index (χ4n) is 1.04. The minimum absolute atomic E-state index is 1.05. The Morgan fingerprint density at radius 3 is 2.69 bits per heavy atom. The molecule has 13 heavy (non-hydrogen) atoms. The van der Waals surface area contributed by atoms with Crippen molar-refractivity contribution in [3.8, 4) is 0 Å². The van der Waals surface area contributed by atoms with Gasteiger partial charge in [0.1, 0.15) is 0 Å². The van der Waals surface area contributed by atoms with E-state index in [-0.39, 0.29) is 0 Å². The number of para-hydroxylation sites is 1. The highest BCUT2D eigenvalue weighted by Gasteiger charge is 2.03. The Morgan fingerprint density at radius 2 is 2.08 bits per heavy atom. The molecule has 0 amide bonds. The summed E-state index contributed by atoms with van der Waals surface area (Å²) in [4.78, 5) is 0. The van der Waals surface area contributed by atoms with Crippen LogP contribution in [0.15, 0.2) is 36.5 Å². The molecule has 0 spiro atoms. The van der Waals surface area contributed by atoms with Gasteiger partial charge in [0.25, 0.3) is 0 Å². The van der Waals surface area contributed by atoms with Gasteiger partial charge in [-0.2, -0.15) is 0 Å². The lowest BCUT2D eigenvalue weighted by atomic mass is 10.3. The van der Waals surface area contributed by atoms with Crippen molar-refractivity contribution in [3.63, 3.8) is 0 Å². The van der Waals surface area contributed by atoms with Crippen LogP contribution in [0.2, 0.25) is 0 Å². The molecule has 0 fully saturated rings. The molecule has 0 aliphatic carbocycles. The summed E-state index contributed by atoms with van der Waals surface area (Å²) in [6.45, 7) is 0. The Bertz CT molecular complexity index is 383. The maximum absolute atomic E-state index is 4.11. The largest absolute Gasteiger partial charge is 0.341 e. The fraction of sp³-hybridized carbons (Fsp3) is 0.111. The Balaban J connectivity index is 2.15. The molecule has 1 aromatic heterocycles. The summed E-state index contributed by atoms with van der Waals surface area (Å²) in [7, 11) is 1.91. The molecule has 0 saturated heterocycles. The van der Waals surface area contributed by atoms with E-state index in [1.165, 1.54) is 11.5 Å². The first-order chi connectivity index (χ1) is 6.34. The first-order valence-corrected chi connectivity index (χ1v) is 4.76. The standard InChI is InChI=1S/C9H10N3S/c1-12-7-9(13-11-12)10-8-5-3-2-4-6-8/h2-7,10H,1H3/q+1. The first-order valence-electron chi connectivity index (χ1n) is 3.99. The van der Waals surface area contributed by atoms with Crippen molar-refractivity contribution >= 4 is 22.2 Å². The second-order valence-electron chi connectivity index (χ2n) is 2.73. The van der Waals surface area contributed by atoms with E-state index in [4.69, 9.17) is 0 Å². The van der Waals surface area contributed by atoms with Crippen LogP contribution in [0.3, 0.4) is 0 Å². The van der Waals surface area contributed by atoms with Crippen LogP contribution in [-0.4, -0.2) is 4.49 Å². The second-order valence-corrected chi connectivity index (χ2v) is 3.52. The van der Waals surface area contributed by atoms with Crippen LogP contribution in [-0.2, 0) is 7.05 Å². The highest BCUT2D eigenvalue weighted by molar-refractivity contribution is 7.09. The number of aromatic nitrogens is 2. The lowest BCUT2D eigenvalue weighted by molar-refractivity contribution is -0.722. The van der Waals surface area contributed by atoms with E-state index >= 15 is 0 Å². The zero-order valence-corrected chi connectivity index (χ0v) is 8.08. The van der Waals surface area contributed by atoms with E-state index in [0.29, 0.717) is 0 Å². The van der Waals surface area contributed by atoms with E-state index in [0.717, 1.165) is 10.7 Å². The van der Waals surface area contributed by atoms with E-state index in [9.17, 15) is 0 Å². The van der Waals surface area contributed by atoms with E-state index in [1.54, 1.807) is 4.68 Å². The molecular weight excluding hydrogens is 182 g/mol. The monoisotopic (exact) mass is 192 g/mol. The van der Waals surface area contributed by atoms with Gasteiger partial charge in [0.2, 0.25) is 6.20 Å². The van der Waals surface area contributed by atoms with Crippen LogP contribution >= 0.6 is 11.5 Å². The van der Waals surface area contributed by atoms with Gasteiger partial charge in [0, 0.05) is 5.69 Å². The predicted molar refractivity (Wildman–Crippen MR) is 53.0 cm³/mol. The molecule has 0 unspecified atom stereocenters. The van der Waals surface area contributed by atoms with Gasteiger partial charge in [0.15, 0.2) is 12.0 Å². The zero-order valence-electron chi connectivity index (χ0n) is 7.27. The molecule has 0 bridgehead atoms. The van der Waals surface area contributed by atoms with E-state index in [1.807, 2.05) is 43.6 Å². The molecule has 1 N–H and O–H groups in total. The number of hydrogen-bond acceptors (Lipinski definition) is 3. The van der Waals surface area contributed by atoms with Gasteiger partial charge >= 0.3 is 0 Å². The van der Waals surface area contributed by atoms with Crippen LogP contribution < -0.4 is 10.00 Å². The van der Waals surface area contributed by atoms with Crippen LogP contribution in [0.25, 0.3) is 0 Å². The average Bonchev–Trinajstić information content (AvgIpc) is 2.53. The Kier molecular flexibility index (Phi) is 2.23. The third-order valence-corrected chi connectivity index (χ3v) is 2.36. The molecule has 66 valence electrons. The van der Waals surface area contributed by atoms with Gasteiger partial charge in [-0.1, -0.05) is 22.9 Å². The summed E-state index contributed by atoms with van der Waals surface area (Å²) < 4.78 is 5.90. The highest BCUT2D eigenvalue weighted by Crippen LogP contribution is 2.16. The lowest BCUT2D eigenvalue weighted by Gasteiger charge is -1.98. The van der Waals surface area contributed by atoms with Gasteiger partial charge in [-0.05, 0) is 12.1 Å². The van der Waals surface area contributed by atoms with Crippen LogP contribution in [0.1, 0.15) is 0 Å². The molecule has 2 rings (SSSR count). The van der Waals surface area contributed by atoms with Crippen LogP contribution in [0, 0.1) is 0 Å². The molecule has 3 nitrogen and oxygen atoms in total. The maximum atomic E-state index is 4.11. The van der Waals surface area contributed by atoms with Crippen LogP contribution in [0.4, 0.5) is 10.7 Å². The third kappa shape index (κ3) is 2.03. The molecule has 0 aliphatic rings. The minimum atomic E-state index is 1.05. The van der Waals surface area contributed by atoms with Crippen molar-refractivity contribution in [3.05, 3.63) is 36.5 Å². The SMILES string of the molecule is C[n+]1cc(Nc2ccccc2)sn1. The summed E-state index contributed by atoms with van der Waals surface area (Å²) in [6.07, 6.45) is 1.96. The minimum Gasteiger partial charge on any atom is -0.341 e. The van der Waals surface area contributed by atoms with Crippen molar-refractivity contribution in [2.45, 2.75) is 0 Å². The molecule has 2 aromatic rings. The molecule has 4 heteroatoms. The summed E-state index contributed by atoms with van der Waals surface area (Å²) in [6, 6.07) is 10.1. The summed E-state index contributed by atoms with van der Waals surface area (Å²) in [5.74, 6) is 0. The number of nitrogens with zero attached hydrogens (tertiary/aromatic N) is 2. The topological polar surface area (TPSA) is 28.8 Å². The van der Waals surface area contributed by atoms with Gasteiger partial charge in [-0.15, -0.1) is 0 Å². The Hall–Kier alpha value is -1.42. The van der Waals surface area contributed by atoms with Gasteiger partial charge in [-0.3, -0.25) is 0 Å². The normalized spacial score (nSPS) is 9.92. The Labute approximate surface area is 80.8 Å². The summed E-state index contributed by atoms with van der Waals surface area (Å²) in [5, 5.41) is 4.31. The highest BCUT2D eigenvalue weighted by atomic mass is 32.1. The second kappa shape index (κ2) is 3.53. The molecule has 1 heterocycles. The Morgan fingerprint density at radius 1 is 1.31 bits per heavy atom. The average molecular weight is 192 g/mol. The molecular formula is C9H10N3S+. The smallest absolute Gasteiger partial charge is 0.232 e. The number of nitrogens with one attached hydrogen (secondary N) is 1. The van der Waals surface area contributed by atoms with Crippen molar-refractivity contribution in [2.75, 3.05) is 5.32 Å². The molecule has 0 aliphatic heterocycles.